The summed E-state index contributed by atoms with van der Waals surface area (Å²) in [7, 11) is 1.72. The first-order chi connectivity index (χ1) is 12.7. The van der Waals surface area contributed by atoms with Crippen LogP contribution in [0.2, 0.25) is 0 Å². The predicted octanol–water partition coefficient (Wildman–Crippen LogP) is 4.35. The van der Waals surface area contributed by atoms with Crippen LogP contribution in [-0.4, -0.2) is 37.0 Å². The molecule has 2 rings (SSSR count). The maximum Gasteiger partial charge on any atom is 0.418 e. The number of nitrogens with one attached hydrogen (secondary N) is 1. The number of halogens is 3. The van der Waals surface area contributed by atoms with Crippen LogP contribution < -0.4 is 10.1 Å². The van der Waals surface area contributed by atoms with Crippen LogP contribution in [0, 0.1) is 6.92 Å². The molecule has 1 atom stereocenters. The summed E-state index contributed by atoms with van der Waals surface area (Å²) >= 11 is 0. The van der Waals surface area contributed by atoms with Crippen molar-refractivity contribution in [1.29, 1.82) is 0 Å². The second kappa shape index (κ2) is 8.90. The van der Waals surface area contributed by atoms with Crippen LogP contribution in [-0.2, 0) is 11.0 Å². The number of anilines is 1. The van der Waals surface area contributed by atoms with Crippen molar-refractivity contribution in [1.82, 2.24) is 4.90 Å². The molecular weight excluding hydrogens is 357 g/mol. The van der Waals surface area contributed by atoms with E-state index in [1.165, 1.54) is 18.2 Å². The van der Waals surface area contributed by atoms with Crippen molar-refractivity contribution in [2.75, 3.05) is 25.5 Å². The van der Waals surface area contributed by atoms with Gasteiger partial charge in [-0.2, -0.15) is 13.2 Å². The van der Waals surface area contributed by atoms with Crippen LogP contribution in [0.25, 0.3) is 0 Å². The van der Waals surface area contributed by atoms with E-state index in [9.17, 15) is 18.0 Å². The number of benzene rings is 2. The van der Waals surface area contributed by atoms with Crippen LogP contribution in [0.3, 0.4) is 0 Å². The summed E-state index contributed by atoms with van der Waals surface area (Å²) < 4.78 is 44.8. The van der Waals surface area contributed by atoms with E-state index >= 15 is 0 Å². The minimum absolute atomic E-state index is 0.244. The Morgan fingerprint density at radius 2 is 1.78 bits per heavy atom. The Balaban J connectivity index is 1.92. The molecule has 0 fully saturated rings. The topological polar surface area (TPSA) is 41.6 Å². The molecule has 0 radical (unpaired) electrons. The third kappa shape index (κ3) is 5.72. The molecule has 2 aromatic rings. The zero-order valence-electron chi connectivity index (χ0n) is 15.5. The molecule has 0 bridgehead atoms. The highest BCUT2D eigenvalue weighted by molar-refractivity contribution is 5.95. The molecule has 0 aliphatic heterocycles. The van der Waals surface area contributed by atoms with E-state index < -0.39 is 23.7 Å². The van der Waals surface area contributed by atoms with Gasteiger partial charge in [-0.25, -0.2) is 0 Å². The second-order valence-corrected chi connectivity index (χ2v) is 6.30. The molecule has 0 saturated carbocycles. The van der Waals surface area contributed by atoms with E-state index in [-0.39, 0.29) is 5.69 Å². The molecule has 1 N–H and O–H groups in total. The van der Waals surface area contributed by atoms with Gasteiger partial charge in [-0.1, -0.05) is 30.3 Å². The van der Waals surface area contributed by atoms with Crippen molar-refractivity contribution >= 4 is 11.6 Å². The van der Waals surface area contributed by atoms with Crippen molar-refractivity contribution < 1.29 is 22.7 Å². The van der Waals surface area contributed by atoms with Crippen molar-refractivity contribution in [2.45, 2.75) is 26.1 Å². The first kappa shape index (κ1) is 20.8. The summed E-state index contributed by atoms with van der Waals surface area (Å²) in [4.78, 5) is 14.1. The average Bonchev–Trinajstić information content (AvgIpc) is 2.62. The molecule has 0 heterocycles. The van der Waals surface area contributed by atoms with Gasteiger partial charge in [-0.05, 0) is 44.7 Å². The van der Waals surface area contributed by atoms with Gasteiger partial charge in [0.15, 0.2) is 0 Å². The standard InChI is InChI=1S/C20H23F3N2O2/c1-14-8-4-7-11-18(14)27-13-12-25(3)15(2)19(26)24-17-10-6-5-9-16(17)20(21,22)23/h4-11,15H,12-13H2,1-3H3,(H,24,26). The van der Waals surface area contributed by atoms with Crippen LogP contribution in [0.15, 0.2) is 48.5 Å². The van der Waals surface area contributed by atoms with E-state index in [4.69, 9.17) is 4.74 Å². The fourth-order valence-corrected chi connectivity index (χ4v) is 2.49. The van der Waals surface area contributed by atoms with Crippen LogP contribution >= 0.6 is 0 Å². The van der Waals surface area contributed by atoms with Gasteiger partial charge >= 0.3 is 6.18 Å². The number of para-hydroxylation sites is 2. The Morgan fingerprint density at radius 3 is 2.44 bits per heavy atom. The van der Waals surface area contributed by atoms with Crippen LogP contribution in [0.5, 0.6) is 5.75 Å². The predicted molar refractivity (Wildman–Crippen MR) is 98.8 cm³/mol. The molecule has 2 aromatic carbocycles. The molecule has 0 aromatic heterocycles. The highest BCUT2D eigenvalue weighted by Crippen LogP contribution is 2.34. The number of hydrogen-bond donors (Lipinski definition) is 1. The Bertz CT molecular complexity index is 778. The van der Waals surface area contributed by atoms with Gasteiger partial charge in [0.25, 0.3) is 0 Å². The number of alkyl halides is 3. The van der Waals surface area contributed by atoms with Gasteiger partial charge in [-0.15, -0.1) is 0 Å². The summed E-state index contributed by atoms with van der Waals surface area (Å²) in [5.74, 6) is 0.257. The number of nitrogens with zero attached hydrogens (tertiary/aromatic N) is 1. The van der Waals surface area contributed by atoms with Gasteiger partial charge in [0.2, 0.25) is 5.91 Å². The number of carbonyl (C=O) groups is 1. The highest BCUT2D eigenvalue weighted by atomic mass is 19.4. The zero-order chi connectivity index (χ0) is 20.0. The van der Waals surface area contributed by atoms with Gasteiger partial charge in [0, 0.05) is 6.54 Å². The van der Waals surface area contributed by atoms with Crippen molar-refractivity contribution in [3.05, 3.63) is 59.7 Å². The quantitative estimate of drug-likeness (QED) is 0.776. The molecule has 1 unspecified atom stereocenters. The third-order valence-corrected chi connectivity index (χ3v) is 4.33. The Morgan fingerprint density at radius 1 is 1.15 bits per heavy atom. The largest absolute Gasteiger partial charge is 0.492 e. The van der Waals surface area contributed by atoms with E-state index in [1.54, 1.807) is 18.9 Å². The van der Waals surface area contributed by atoms with E-state index in [0.29, 0.717) is 13.2 Å². The van der Waals surface area contributed by atoms with Crippen molar-refractivity contribution in [3.63, 3.8) is 0 Å². The number of likely N-dealkylation sites (N-methyl/N-ethyl adjacent to an activating group) is 1. The molecule has 146 valence electrons. The lowest BCUT2D eigenvalue weighted by atomic mass is 10.1. The normalized spacial score (nSPS) is 12.7. The molecule has 0 saturated heterocycles. The number of amides is 1. The fraction of sp³-hybridized carbons (Fsp3) is 0.350. The molecular formula is C20H23F3N2O2. The lowest BCUT2D eigenvalue weighted by molar-refractivity contribution is -0.137. The van der Waals surface area contributed by atoms with E-state index in [2.05, 4.69) is 5.32 Å². The highest BCUT2D eigenvalue weighted by Gasteiger charge is 2.34. The fourth-order valence-electron chi connectivity index (χ4n) is 2.49. The third-order valence-electron chi connectivity index (χ3n) is 4.33. The minimum Gasteiger partial charge on any atom is -0.492 e. The number of ether oxygens (including phenoxy) is 1. The molecule has 27 heavy (non-hydrogen) atoms. The van der Waals surface area contributed by atoms with Crippen LogP contribution in [0.4, 0.5) is 18.9 Å². The second-order valence-electron chi connectivity index (χ2n) is 6.30. The zero-order valence-corrected chi connectivity index (χ0v) is 15.5. The first-order valence-corrected chi connectivity index (χ1v) is 8.56. The lowest BCUT2D eigenvalue weighted by Crippen LogP contribution is -2.41. The SMILES string of the molecule is Cc1ccccc1OCCN(C)C(C)C(=O)Nc1ccccc1C(F)(F)F. The summed E-state index contributed by atoms with van der Waals surface area (Å²) in [5, 5.41) is 2.37. The first-order valence-electron chi connectivity index (χ1n) is 8.56. The molecule has 0 aliphatic rings. The lowest BCUT2D eigenvalue weighted by Gasteiger charge is -2.24. The Hall–Kier alpha value is -2.54. The number of carbonyl (C=O) groups excluding carboxylic acids is 1. The molecule has 0 spiro atoms. The molecule has 0 aliphatic carbocycles. The van der Waals surface area contributed by atoms with Gasteiger partial charge in [0.05, 0.1) is 17.3 Å². The molecule has 1 amide bonds. The smallest absolute Gasteiger partial charge is 0.418 e. The molecule has 4 nitrogen and oxygen atoms in total. The van der Waals surface area contributed by atoms with Crippen molar-refractivity contribution in [3.8, 4) is 5.75 Å². The summed E-state index contributed by atoms with van der Waals surface area (Å²) in [6, 6.07) is 11.9. The maximum absolute atomic E-state index is 13.0. The maximum atomic E-state index is 13.0. The number of aryl methyl sites for hydroxylation is 1. The van der Waals surface area contributed by atoms with E-state index in [0.717, 1.165) is 17.4 Å². The minimum atomic E-state index is -4.53. The molecule has 7 heteroatoms. The van der Waals surface area contributed by atoms with Gasteiger partial charge in [-0.3, -0.25) is 9.69 Å². The summed E-state index contributed by atoms with van der Waals surface area (Å²) in [6.07, 6.45) is -4.53. The van der Waals surface area contributed by atoms with Crippen LogP contribution in [0.1, 0.15) is 18.1 Å². The summed E-state index contributed by atoms with van der Waals surface area (Å²) in [6.45, 7) is 4.38. The Labute approximate surface area is 156 Å². The number of rotatable bonds is 7. The Kier molecular flexibility index (Phi) is 6.85. The van der Waals surface area contributed by atoms with E-state index in [1.807, 2.05) is 31.2 Å². The van der Waals surface area contributed by atoms with Gasteiger partial charge in [0.1, 0.15) is 12.4 Å². The van der Waals surface area contributed by atoms with Crippen molar-refractivity contribution in [2.24, 2.45) is 0 Å². The summed E-state index contributed by atoms with van der Waals surface area (Å²) in [5.41, 5.74) is -0.0998. The monoisotopic (exact) mass is 380 g/mol. The average molecular weight is 380 g/mol. The van der Waals surface area contributed by atoms with Gasteiger partial charge < -0.3 is 10.1 Å². The number of hydrogen-bond acceptors (Lipinski definition) is 3.